The molecule has 0 unspecified atom stereocenters. The van der Waals surface area contributed by atoms with E-state index in [-0.39, 0.29) is 5.41 Å². The molecule has 6 heterocycles. The molecule has 0 saturated carbocycles. The zero-order valence-corrected chi connectivity index (χ0v) is 33.4. The summed E-state index contributed by atoms with van der Waals surface area (Å²) in [6, 6.07) is 44.1. The van der Waals surface area contributed by atoms with Gasteiger partial charge in [-0.25, -0.2) is 0 Å². The highest BCUT2D eigenvalue weighted by Gasteiger charge is 2.36. The summed E-state index contributed by atoms with van der Waals surface area (Å²) >= 11 is 10.3. The Labute approximate surface area is 332 Å². The first-order chi connectivity index (χ1) is 25.9. The van der Waals surface area contributed by atoms with E-state index in [4.69, 9.17) is 0 Å². The summed E-state index contributed by atoms with van der Waals surface area (Å²) in [6.07, 6.45) is 3.99. The average Bonchev–Trinajstić information content (AvgIpc) is 4.03. The van der Waals surface area contributed by atoms with Gasteiger partial charge in [-0.15, -0.1) is 68.0 Å². The van der Waals surface area contributed by atoms with Crippen LogP contribution in [0.5, 0.6) is 0 Å². The van der Waals surface area contributed by atoms with Crippen molar-refractivity contribution in [3.05, 3.63) is 151 Å². The molecule has 0 N–H and O–H groups in total. The summed E-state index contributed by atoms with van der Waals surface area (Å²) in [5.74, 6) is 0. The van der Waals surface area contributed by atoms with Crippen LogP contribution in [0.3, 0.4) is 0 Å². The first-order valence-electron chi connectivity index (χ1n) is 16.9. The Balaban J connectivity index is 0.954. The monoisotopic (exact) mass is 788 g/mol. The zero-order chi connectivity index (χ0) is 36.1. The van der Waals surface area contributed by atoms with Crippen molar-refractivity contribution in [1.29, 1.82) is 10.5 Å². The normalized spacial score (nSPS) is 13.4. The maximum Gasteiger partial charge on any atom is 0.101 e. The van der Waals surface area contributed by atoms with E-state index >= 15 is 0 Å². The molecule has 9 rings (SSSR count). The van der Waals surface area contributed by atoms with Gasteiger partial charge >= 0.3 is 0 Å². The van der Waals surface area contributed by atoms with Gasteiger partial charge in [-0.1, -0.05) is 50.2 Å². The lowest BCUT2D eigenvalue weighted by atomic mass is 9.81. The summed E-state index contributed by atoms with van der Waals surface area (Å²) in [4.78, 5) is 11.6. The highest BCUT2D eigenvalue weighted by atomic mass is 32.1. The molecule has 1 aliphatic carbocycles. The number of nitrogens with zero attached hydrogens (tertiary/aromatic N) is 2. The molecule has 8 aromatic rings. The quantitative estimate of drug-likeness (QED) is 0.144. The predicted molar refractivity (Wildman–Crippen MR) is 233 cm³/mol. The molecule has 0 fully saturated rings. The van der Waals surface area contributed by atoms with Crippen molar-refractivity contribution in [2.75, 3.05) is 0 Å². The number of nitriles is 2. The van der Waals surface area contributed by atoms with Crippen molar-refractivity contribution in [2.24, 2.45) is 0 Å². The smallest absolute Gasteiger partial charge is 0.101 e. The van der Waals surface area contributed by atoms with E-state index in [2.05, 4.69) is 111 Å². The van der Waals surface area contributed by atoms with Gasteiger partial charge in [-0.05, 0) is 129 Å². The molecule has 2 aromatic carbocycles. The van der Waals surface area contributed by atoms with Crippen molar-refractivity contribution in [1.82, 2.24) is 0 Å². The minimum atomic E-state index is -0.136. The molecule has 0 saturated heterocycles. The van der Waals surface area contributed by atoms with Crippen LogP contribution in [-0.2, 0) is 5.41 Å². The van der Waals surface area contributed by atoms with Crippen LogP contribution in [0, 0.1) is 22.7 Å². The fourth-order valence-corrected chi connectivity index (χ4v) is 12.4. The molecule has 2 nitrogen and oxygen atoms in total. The highest BCUT2D eigenvalue weighted by Crippen LogP contribution is 2.52. The van der Waals surface area contributed by atoms with Gasteiger partial charge in [0.25, 0.3) is 0 Å². The second-order valence-corrected chi connectivity index (χ2v) is 19.5. The van der Waals surface area contributed by atoms with E-state index in [0.29, 0.717) is 11.1 Å². The van der Waals surface area contributed by atoms with Gasteiger partial charge in [0.1, 0.15) is 12.1 Å². The first kappa shape index (κ1) is 33.9. The summed E-state index contributed by atoms with van der Waals surface area (Å²) < 4.78 is 0. The fourth-order valence-electron chi connectivity index (χ4n) is 6.89. The van der Waals surface area contributed by atoms with Crippen LogP contribution in [0.15, 0.2) is 120 Å². The summed E-state index contributed by atoms with van der Waals surface area (Å²) in [7, 11) is 0. The van der Waals surface area contributed by atoms with Crippen molar-refractivity contribution in [2.45, 2.75) is 19.3 Å². The van der Waals surface area contributed by atoms with Crippen LogP contribution in [0.2, 0.25) is 0 Å². The van der Waals surface area contributed by atoms with Crippen molar-refractivity contribution in [3.63, 3.8) is 0 Å². The predicted octanol–water partition coefficient (Wildman–Crippen LogP) is 15.2. The molecule has 254 valence electrons. The maximum atomic E-state index is 9.72. The van der Waals surface area contributed by atoms with E-state index in [1.165, 1.54) is 62.6 Å². The molecule has 53 heavy (non-hydrogen) atoms. The van der Waals surface area contributed by atoms with Crippen molar-refractivity contribution in [3.8, 4) is 63.7 Å². The number of allylic oxidation sites excluding steroid dienone is 2. The van der Waals surface area contributed by atoms with Crippen molar-refractivity contribution < 1.29 is 0 Å². The Kier molecular flexibility index (Phi) is 8.84. The third-order valence-electron chi connectivity index (χ3n) is 9.58. The van der Waals surface area contributed by atoms with Crippen LogP contribution in [0.25, 0.3) is 74.8 Å². The lowest BCUT2D eigenvalue weighted by molar-refractivity contribution is 0.661. The standard InChI is InChI=1S/C45H28N2S6/c1-45(2)35-23-27(39-15-17-43(52-39)41-13-9-31(50-41)21-29(25-46)37-5-3-19-48-37)7-11-33(35)34-12-8-28(24-36(34)45)40-16-18-44(53-40)42-14-10-32(51-42)22-30(26-47)38-6-4-20-49-38/h3-24H,1-2H3. The third kappa shape index (κ3) is 6.32. The molecule has 0 atom stereocenters. The van der Waals surface area contributed by atoms with Gasteiger partial charge in [-0.3, -0.25) is 0 Å². The fraction of sp³-hybridized carbons (Fsp3) is 0.0667. The largest absolute Gasteiger partial charge is 0.192 e. The van der Waals surface area contributed by atoms with Crippen molar-refractivity contribution >= 4 is 91.3 Å². The molecule has 6 aromatic heterocycles. The summed E-state index contributed by atoms with van der Waals surface area (Å²) in [5.41, 5.74) is 9.12. The number of fused-ring (bicyclic) bond motifs is 3. The Morgan fingerprint density at radius 3 is 1.34 bits per heavy atom. The highest BCUT2D eigenvalue weighted by molar-refractivity contribution is 7.25. The number of benzene rings is 2. The lowest BCUT2D eigenvalue weighted by Crippen LogP contribution is -2.15. The van der Waals surface area contributed by atoms with Gasteiger partial charge < -0.3 is 0 Å². The number of hydrogen-bond acceptors (Lipinski definition) is 8. The zero-order valence-electron chi connectivity index (χ0n) is 28.5. The van der Waals surface area contributed by atoms with Crippen LogP contribution in [0.1, 0.15) is 44.5 Å². The number of thiophene rings is 6. The Hall–Kier alpha value is -4.90. The first-order valence-corrected chi connectivity index (χ1v) is 21.9. The minimum Gasteiger partial charge on any atom is -0.192 e. The molecule has 0 radical (unpaired) electrons. The molecule has 8 heteroatoms. The molecule has 1 aliphatic rings. The van der Waals surface area contributed by atoms with Crippen LogP contribution < -0.4 is 0 Å². The number of rotatable bonds is 8. The second-order valence-electron chi connectivity index (χ2n) is 13.2. The van der Waals surface area contributed by atoms with E-state index < -0.39 is 0 Å². The van der Waals surface area contributed by atoms with E-state index in [1.54, 1.807) is 45.3 Å². The molecule has 0 amide bonds. The lowest BCUT2D eigenvalue weighted by Gasteiger charge is -2.22. The maximum absolute atomic E-state index is 9.72. The minimum absolute atomic E-state index is 0.136. The average molecular weight is 789 g/mol. The van der Waals surface area contributed by atoms with Gasteiger partial charge in [0.15, 0.2) is 0 Å². The van der Waals surface area contributed by atoms with Crippen LogP contribution >= 0.6 is 68.0 Å². The van der Waals surface area contributed by atoms with Gasteiger partial charge in [0.05, 0.1) is 11.1 Å². The second kappa shape index (κ2) is 13.8. The third-order valence-corrected chi connectivity index (χ3v) is 16.1. The summed E-state index contributed by atoms with van der Waals surface area (Å²) in [6.45, 7) is 4.70. The van der Waals surface area contributed by atoms with Crippen LogP contribution in [-0.4, -0.2) is 0 Å². The van der Waals surface area contributed by atoms with E-state index in [0.717, 1.165) is 19.5 Å². The topological polar surface area (TPSA) is 47.6 Å². The Bertz CT molecular complexity index is 2590. The van der Waals surface area contributed by atoms with Crippen LogP contribution in [0.4, 0.5) is 0 Å². The molecule has 0 bridgehead atoms. The summed E-state index contributed by atoms with van der Waals surface area (Å²) in [5, 5.41) is 23.4. The van der Waals surface area contributed by atoms with Gasteiger partial charge in [0.2, 0.25) is 0 Å². The van der Waals surface area contributed by atoms with Gasteiger partial charge in [0, 0.05) is 54.2 Å². The Morgan fingerprint density at radius 1 is 0.509 bits per heavy atom. The molecular weight excluding hydrogens is 761 g/mol. The number of hydrogen-bond donors (Lipinski definition) is 0. The van der Waals surface area contributed by atoms with Gasteiger partial charge in [-0.2, -0.15) is 10.5 Å². The molecule has 0 aliphatic heterocycles. The molecular formula is C45H28N2S6. The molecule has 0 spiro atoms. The van der Waals surface area contributed by atoms with E-state index in [9.17, 15) is 10.5 Å². The Morgan fingerprint density at radius 2 is 0.925 bits per heavy atom. The van der Waals surface area contributed by atoms with E-state index in [1.807, 2.05) is 69.9 Å². The SMILES string of the molecule is CC1(C)c2cc(-c3ccc(-c4ccc(C=C(C#N)c5cccs5)s4)s3)ccc2-c2ccc(-c3ccc(-c4ccc(C=C(C#N)c5cccs5)s4)s3)cc21.